The minimum Gasteiger partial charge on any atom is -0.342 e. The van der Waals surface area contributed by atoms with Crippen LogP contribution >= 0.6 is 15.9 Å². The van der Waals surface area contributed by atoms with E-state index in [4.69, 9.17) is 0 Å². The summed E-state index contributed by atoms with van der Waals surface area (Å²) >= 11 is 3.43. The molecule has 4 nitrogen and oxygen atoms in total. The summed E-state index contributed by atoms with van der Waals surface area (Å²) in [6.45, 7) is 0. The number of halogens is 1. The lowest BCUT2D eigenvalue weighted by Crippen LogP contribution is -2.32. The van der Waals surface area contributed by atoms with E-state index in [1.807, 2.05) is 42.1 Å². The molecule has 1 fully saturated rings. The number of hydrogen-bond donors (Lipinski definition) is 1. The highest BCUT2D eigenvalue weighted by Gasteiger charge is 2.32. The molecule has 1 aliphatic rings. The van der Waals surface area contributed by atoms with E-state index >= 15 is 0 Å². The molecule has 1 amide bonds. The lowest BCUT2D eigenvalue weighted by atomic mass is 10.1. The van der Waals surface area contributed by atoms with Crippen molar-refractivity contribution in [1.29, 1.82) is 0 Å². The first-order valence-corrected chi connectivity index (χ1v) is 7.47. The SMILES string of the molecule is Cn1ccnc1[C@H](NC(=O)C1CC1)c1ccc(Br)cc1. The van der Waals surface area contributed by atoms with Crippen LogP contribution in [-0.4, -0.2) is 15.5 Å². The molecular formula is C15H16BrN3O. The lowest BCUT2D eigenvalue weighted by molar-refractivity contribution is -0.122. The Kier molecular flexibility index (Phi) is 3.61. The van der Waals surface area contributed by atoms with Gasteiger partial charge in [-0.2, -0.15) is 0 Å². The third kappa shape index (κ3) is 2.77. The summed E-state index contributed by atoms with van der Waals surface area (Å²) in [6.07, 6.45) is 5.65. The van der Waals surface area contributed by atoms with E-state index in [1.54, 1.807) is 6.20 Å². The molecule has 1 N–H and O–H groups in total. The van der Waals surface area contributed by atoms with Gasteiger partial charge in [-0.15, -0.1) is 0 Å². The molecule has 0 spiro atoms. The van der Waals surface area contributed by atoms with Crippen LogP contribution in [0, 0.1) is 5.92 Å². The van der Waals surface area contributed by atoms with Gasteiger partial charge in [-0.1, -0.05) is 28.1 Å². The molecule has 1 aromatic carbocycles. The third-order valence-electron chi connectivity index (χ3n) is 3.55. The molecule has 104 valence electrons. The Morgan fingerprint density at radius 3 is 2.65 bits per heavy atom. The molecule has 1 saturated carbocycles. The van der Waals surface area contributed by atoms with Crippen LogP contribution in [0.4, 0.5) is 0 Å². The van der Waals surface area contributed by atoms with Crippen molar-refractivity contribution in [1.82, 2.24) is 14.9 Å². The normalized spacial score (nSPS) is 15.9. The van der Waals surface area contributed by atoms with Crippen LogP contribution in [0.15, 0.2) is 41.1 Å². The van der Waals surface area contributed by atoms with Crippen molar-refractivity contribution in [2.75, 3.05) is 0 Å². The molecule has 5 heteroatoms. The largest absolute Gasteiger partial charge is 0.342 e. The predicted octanol–water partition coefficient (Wildman–Crippen LogP) is 2.80. The summed E-state index contributed by atoms with van der Waals surface area (Å²) in [5.74, 6) is 1.16. The number of aromatic nitrogens is 2. The molecule has 0 saturated heterocycles. The first-order valence-electron chi connectivity index (χ1n) is 6.68. The fourth-order valence-corrected chi connectivity index (χ4v) is 2.48. The second-order valence-corrected chi connectivity index (χ2v) is 6.08. The monoisotopic (exact) mass is 333 g/mol. The highest BCUT2D eigenvalue weighted by atomic mass is 79.9. The molecule has 1 aliphatic carbocycles. The molecule has 1 atom stereocenters. The molecule has 0 unspecified atom stereocenters. The number of aryl methyl sites for hydroxylation is 1. The number of imidazole rings is 1. The molecule has 3 rings (SSSR count). The summed E-state index contributed by atoms with van der Waals surface area (Å²) in [4.78, 5) is 16.5. The predicted molar refractivity (Wildman–Crippen MR) is 80.1 cm³/mol. The number of amides is 1. The average molecular weight is 334 g/mol. The molecule has 1 heterocycles. The van der Waals surface area contributed by atoms with Crippen LogP contribution in [0.3, 0.4) is 0 Å². The van der Waals surface area contributed by atoms with Gasteiger partial charge in [0.25, 0.3) is 0 Å². The van der Waals surface area contributed by atoms with Crippen LogP contribution in [0.2, 0.25) is 0 Å². The van der Waals surface area contributed by atoms with E-state index in [9.17, 15) is 4.79 Å². The first-order chi connectivity index (χ1) is 9.65. The summed E-state index contributed by atoms with van der Waals surface area (Å²) in [5.41, 5.74) is 1.04. The van der Waals surface area contributed by atoms with Crippen LogP contribution in [0.1, 0.15) is 30.3 Å². The van der Waals surface area contributed by atoms with Crippen molar-refractivity contribution < 1.29 is 4.79 Å². The Bertz CT molecular complexity index is 616. The number of rotatable bonds is 4. The fourth-order valence-electron chi connectivity index (χ4n) is 2.21. The van der Waals surface area contributed by atoms with Crippen LogP contribution in [-0.2, 0) is 11.8 Å². The smallest absolute Gasteiger partial charge is 0.223 e. The number of nitrogens with one attached hydrogen (secondary N) is 1. The lowest BCUT2D eigenvalue weighted by Gasteiger charge is -2.19. The van der Waals surface area contributed by atoms with E-state index < -0.39 is 0 Å². The second kappa shape index (κ2) is 5.40. The van der Waals surface area contributed by atoms with Crippen molar-refractivity contribution in [2.24, 2.45) is 13.0 Å². The number of carbonyl (C=O) groups excluding carboxylic acids is 1. The van der Waals surface area contributed by atoms with Crippen molar-refractivity contribution in [3.8, 4) is 0 Å². The molecule has 2 aromatic rings. The fraction of sp³-hybridized carbons (Fsp3) is 0.333. The molecule has 20 heavy (non-hydrogen) atoms. The maximum absolute atomic E-state index is 12.1. The van der Waals surface area contributed by atoms with Crippen molar-refractivity contribution in [3.05, 3.63) is 52.5 Å². The molecule has 0 bridgehead atoms. The minimum absolute atomic E-state index is 0.126. The van der Waals surface area contributed by atoms with Gasteiger partial charge in [0, 0.05) is 29.8 Å². The van der Waals surface area contributed by atoms with Crippen molar-refractivity contribution in [3.63, 3.8) is 0 Å². The zero-order valence-electron chi connectivity index (χ0n) is 11.2. The number of nitrogens with zero attached hydrogens (tertiary/aromatic N) is 2. The topological polar surface area (TPSA) is 46.9 Å². The average Bonchev–Trinajstić information content (AvgIpc) is 3.20. The molecule has 1 aromatic heterocycles. The maximum atomic E-state index is 12.1. The summed E-state index contributed by atoms with van der Waals surface area (Å²) in [7, 11) is 1.94. The summed E-state index contributed by atoms with van der Waals surface area (Å²) in [5, 5.41) is 3.12. The van der Waals surface area contributed by atoms with Crippen LogP contribution in [0.5, 0.6) is 0 Å². The summed E-state index contributed by atoms with van der Waals surface area (Å²) in [6, 6.07) is 7.78. The van der Waals surface area contributed by atoms with E-state index in [1.165, 1.54) is 0 Å². The number of benzene rings is 1. The Labute approximate surface area is 126 Å². The Morgan fingerprint density at radius 2 is 2.10 bits per heavy atom. The summed E-state index contributed by atoms with van der Waals surface area (Å²) < 4.78 is 2.97. The van der Waals surface area contributed by atoms with Crippen LogP contribution < -0.4 is 5.32 Å². The first kappa shape index (κ1) is 13.4. The second-order valence-electron chi connectivity index (χ2n) is 5.16. The maximum Gasteiger partial charge on any atom is 0.223 e. The van der Waals surface area contributed by atoms with Crippen molar-refractivity contribution in [2.45, 2.75) is 18.9 Å². The van der Waals surface area contributed by atoms with E-state index in [0.717, 1.165) is 28.7 Å². The van der Waals surface area contributed by atoms with Crippen LogP contribution in [0.25, 0.3) is 0 Å². The Hall–Kier alpha value is -1.62. The molecule has 0 aliphatic heterocycles. The Morgan fingerprint density at radius 1 is 1.40 bits per heavy atom. The Balaban J connectivity index is 1.92. The van der Waals surface area contributed by atoms with Gasteiger partial charge in [0.15, 0.2) is 0 Å². The number of carbonyl (C=O) groups is 1. The van der Waals surface area contributed by atoms with Gasteiger partial charge in [-0.05, 0) is 30.5 Å². The quantitative estimate of drug-likeness (QED) is 0.935. The van der Waals surface area contributed by atoms with E-state index in [2.05, 4.69) is 26.2 Å². The third-order valence-corrected chi connectivity index (χ3v) is 4.08. The number of hydrogen-bond acceptors (Lipinski definition) is 2. The van der Waals surface area contributed by atoms with Gasteiger partial charge < -0.3 is 9.88 Å². The standard InChI is InChI=1S/C15H16BrN3O/c1-19-9-8-17-14(19)13(18-15(20)11-2-3-11)10-4-6-12(16)7-5-10/h4-9,11,13H,2-3H2,1H3,(H,18,20)/t13-/m1/s1. The molecular weight excluding hydrogens is 318 g/mol. The van der Waals surface area contributed by atoms with E-state index in [0.29, 0.717) is 0 Å². The van der Waals surface area contributed by atoms with E-state index in [-0.39, 0.29) is 17.9 Å². The van der Waals surface area contributed by atoms with Gasteiger partial charge in [-0.25, -0.2) is 4.98 Å². The molecule has 0 radical (unpaired) electrons. The zero-order valence-corrected chi connectivity index (χ0v) is 12.8. The highest BCUT2D eigenvalue weighted by molar-refractivity contribution is 9.10. The van der Waals surface area contributed by atoms with Gasteiger partial charge >= 0.3 is 0 Å². The minimum atomic E-state index is -0.198. The zero-order chi connectivity index (χ0) is 14.1. The van der Waals surface area contributed by atoms with Crippen molar-refractivity contribution >= 4 is 21.8 Å². The van der Waals surface area contributed by atoms with Gasteiger partial charge in [0.2, 0.25) is 5.91 Å². The van der Waals surface area contributed by atoms with Gasteiger partial charge in [-0.3, -0.25) is 4.79 Å². The van der Waals surface area contributed by atoms with Gasteiger partial charge in [0.05, 0.1) is 0 Å². The highest BCUT2D eigenvalue weighted by Crippen LogP contribution is 2.31. The van der Waals surface area contributed by atoms with Gasteiger partial charge in [0.1, 0.15) is 11.9 Å².